The fourth-order valence-corrected chi connectivity index (χ4v) is 3.38. The highest BCUT2D eigenvalue weighted by atomic mass is 19.1. The number of carbonyl (C=O) groups is 2. The Morgan fingerprint density at radius 1 is 1.11 bits per heavy atom. The summed E-state index contributed by atoms with van der Waals surface area (Å²) < 4.78 is 19.7. The van der Waals surface area contributed by atoms with Gasteiger partial charge < -0.3 is 15.2 Å². The summed E-state index contributed by atoms with van der Waals surface area (Å²) in [7, 11) is 0. The maximum absolute atomic E-state index is 14.0. The van der Waals surface area contributed by atoms with Crippen LogP contribution in [-0.2, 0) is 11.3 Å². The molecule has 1 heterocycles. The number of amides is 1. The van der Waals surface area contributed by atoms with Crippen molar-refractivity contribution in [1.29, 1.82) is 0 Å². The summed E-state index contributed by atoms with van der Waals surface area (Å²) in [5.41, 5.74) is 1.24. The molecule has 148 valence electrons. The molecule has 0 saturated carbocycles. The Labute approximate surface area is 162 Å². The lowest BCUT2D eigenvalue weighted by Crippen LogP contribution is -2.44. The van der Waals surface area contributed by atoms with Crippen molar-refractivity contribution in [1.82, 2.24) is 4.90 Å². The molecule has 0 radical (unpaired) electrons. The molecule has 1 amide bonds. The Hall–Kier alpha value is -2.77. The van der Waals surface area contributed by atoms with Crippen LogP contribution in [0.1, 0.15) is 40.1 Å². The normalized spacial score (nSPS) is 20.0. The Kier molecular flexibility index (Phi) is 6.06. The standard InChI is InChI=1S/C21H23FN2O4/c1-13-10-24(11-14(2)28-13)12-15-3-5-16(6-4-15)20(25)23-19-8-7-17(21(26)27)9-18(19)22/h3-9,13-14H,10-12H2,1-2H3,(H,23,25)(H,26,27). The minimum atomic E-state index is -1.23. The lowest BCUT2D eigenvalue weighted by Gasteiger charge is -2.35. The summed E-state index contributed by atoms with van der Waals surface area (Å²) in [5.74, 6) is -2.47. The number of carbonyl (C=O) groups excluding carboxylic acids is 1. The molecule has 2 unspecified atom stereocenters. The third-order valence-corrected chi connectivity index (χ3v) is 4.58. The second-order valence-corrected chi connectivity index (χ2v) is 7.10. The van der Waals surface area contributed by atoms with Crippen LogP contribution < -0.4 is 5.32 Å². The number of nitrogens with one attached hydrogen (secondary N) is 1. The maximum atomic E-state index is 14.0. The van der Waals surface area contributed by atoms with Crippen LogP contribution in [-0.4, -0.2) is 47.2 Å². The first-order chi connectivity index (χ1) is 13.3. The highest BCUT2D eigenvalue weighted by molar-refractivity contribution is 6.04. The predicted molar refractivity (Wildman–Crippen MR) is 103 cm³/mol. The Morgan fingerprint density at radius 2 is 1.71 bits per heavy atom. The molecule has 0 aromatic heterocycles. The number of nitrogens with zero attached hydrogens (tertiary/aromatic N) is 1. The van der Waals surface area contributed by atoms with Crippen molar-refractivity contribution in [2.75, 3.05) is 18.4 Å². The van der Waals surface area contributed by atoms with Crippen LogP contribution in [0.3, 0.4) is 0 Å². The van der Waals surface area contributed by atoms with Gasteiger partial charge >= 0.3 is 5.97 Å². The summed E-state index contributed by atoms with van der Waals surface area (Å²) in [4.78, 5) is 25.5. The molecule has 0 aliphatic carbocycles. The smallest absolute Gasteiger partial charge is 0.335 e. The maximum Gasteiger partial charge on any atom is 0.335 e. The van der Waals surface area contributed by atoms with Gasteiger partial charge in [-0.25, -0.2) is 9.18 Å². The van der Waals surface area contributed by atoms with Crippen molar-refractivity contribution >= 4 is 17.6 Å². The second kappa shape index (κ2) is 8.50. The molecule has 6 nitrogen and oxygen atoms in total. The van der Waals surface area contributed by atoms with Crippen molar-refractivity contribution < 1.29 is 23.8 Å². The van der Waals surface area contributed by atoms with Crippen molar-refractivity contribution in [2.45, 2.75) is 32.6 Å². The van der Waals surface area contributed by atoms with Crippen LogP contribution in [0, 0.1) is 5.82 Å². The number of hydrogen-bond donors (Lipinski definition) is 2. The van der Waals surface area contributed by atoms with Crippen molar-refractivity contribution in [3.8, 4) is 0 Å². The monoisotopic (exact) mass is 386 g/mol. The molecule has 0 spiro atoms. The average Bonchev–Trinajstić information content (AvgIpc) is 2.63. The predicted octanol–water partition coefficient (Wildman–Crippen LogP) is 3.39. The number of carboxylic acids is 1. The van der Waals surface area contributed by atoms with E-state index in [0.29, 0.717) is 5.56 Å². The Bertz CT molecular complexity index is 859. The summed E-state index contributed by atoms with van der Waals surface area (Å²) >= 11 is 0. The number of morpholine rings is 1. The first kappa shape index (κ1) is 20.0. The van der Waals surface area contributed by atoms with Crippen molar-refractivity contribution in [3.05, 3.63) is 65.0 Å². The molecule has 2 N–H and O–H groups in total. The van der Waals surface area contributed by atoms with Gasteiger partial charge in [-0.1, -0.05) is 12.1 Å². The van der Waals surface area contributed by atoms with E-state index in [-0.39, 0.29) is 23.5 Å². The SMILES string of the molecule is CC1CN(Cc2ccc(C(=O)Nc3ccc(C(=O)O)cc3F)cc2)CC(C)O1. The third-order valence-electron chi connectivity index (χ3n) is 4.58. The first-order valence-electron chi connectivity index (χ1n) is 9.13. The second-order valence-electron chi connectivity index (χ2n) is 7.10. The number of hydrogen-bond acceptors (Lipinski definition) is 4. The van der Waals surface area contributed by atoms with E-state index < -0.39 is 17.7 Å². The molecule has 2 aromatic rings. The fraction of sp³-hybridized carbons (Fsp3) is 0.333. The first-order valence-corrected chi connectivity index (χ1v) is 9.13. The molecule has 28 heavy (non-hydrogen) atoms. The van der Waals surface area contributed by atoms with Gasteiger partial charge in [0, 0.05) is 25.2 Å². The molecule has 7 heteroatoms. The molecule has 1 saturated heterocycles. The van der Waals surface area contributed by atoms with Gasteiger partial charge in [-0.05, 0) is 49.7 Å². The van der Waals surface area contributed by atoms with Crippen LogP contribution in [0.5, 0.6) is 0 Å². The molecule has 1 fully saturated rings. The number of carboxylic acid groups (broad SMARTS) is 1. The van der Waals surface area contributed by atoms with Crippen LogP contribution >= 0.6 is 0 Å². The summed E-state index contributed by atoms with van der Waals surface area (Å²) in [6.07, 6.45) is 0.382. The highest BCUT2D eigenvalue weighted by Gasteiger charge is 2.22. The van der Waals surface area contributed by atoms with E-state index in [1.807, 2.05) is 12.1 Å². The third kappa shape index (κ3) is 4.94. The highest BCUT2D eigenvalue weighted by Crippen LogP contribution is 2.18. The molecule has 3 rings (SSSR count). The zero-order valence-corrected chi connectivity index (χ0v) is 15.8. The number of aromatic carboxylic acids is 1. The zero-order valence-electron chi connectivity index (χ0n) is 15.8. The lowest BCUT2D eigenvalue weighted by molar-refractivity contribution is -0.0704. The molecule has 0 bridgehead atoms. The van der Waals surface area contributed by atoms with Crippen LogP contribution in [0.15, 0.2) is 42.5 Å². The van der Waals surface area contributed by atoms with Gasteiger partial charge in [0.25, 0.3) is 5.91 Å². The number of anilines is 1. The van der Waals surface area contributed by atoms with Crippen LogP contribution in [0.25, 0.3) is 0 Å². The molecule has 1 aliphatic rings. The number of halogens is 1. The van der Waals surface area contributed by atoms with E-state index in [1.54, 1.807) is 12.1 Å². The Morgan fingerprint density at radius 3 is 2.29 bits per heavy atom. The molecule has 1 aliphatic heterocycles. The van der Waals surface area contributed by atoms with Gasteiger partial charge in [-0.2, -0.15) is 0 Å². The molecule has 2 atom stereocenters. The van der Waals surface area contributed by atoms with E-state index in [2.05, 4.69) is 24.1 Å². The topological polar surface area (TPSA) is 78.9 Å². The van der Waals surface area contributed by atoms with Gasteiger partial charge in [0.2, 0.25) is 0 Å². The zero-order chi connectivity index (χ0) is 20.3. The fourth-order valence-electron chi connectivity index (χ4n) is 3.38. The Balaban J connectivity index is 1.63. The van der Waals surface area contributed by atoms with E-state index >= 15 is 0 Å². The number of rotatable bonds is 5. The summed E-state index contributed by atoms with van der Waals surface area (Å²) in [6, 6.07) is 10.5. The molecular formula is C21H23FN2O4. The van der Waals surface area contributed by atoms with Crippen LogP contribution in [0.4, 0.5) is 10.1 Å². The largest absolute Gasteiger partial charge is 0.478 e. The van der Waals surface area contributed by atoms with Crippen LogP contribution in [0.2, 0.25) is 0 Å². The van der Waals surface area contributed by atoms with Gasteiger partial charge in [0.05, 0.1) is 23.5 Å². The number of benzene rings is 2. The van der Waals surface area contributed by atoms with E-state index in [4.69, 9.17) is 9.84 Å². The number of ether oxygens (including phenoxy) is 1. The van der Waals surface area contributed by atoms with Crippen molar-refractivity contribution in [2.24, 2.45) is 0 Å². The quantitative estimate of drug-likeness (QED) is 0.824. The molecular weight excluding hydrogens is 363 g/mol. The van der Waals surface area contributed by atoms with Crippen molar-refractivity contribution in [3.63, 3.8) is 0 Å². The minimum absolute atomic E-state index is 0.0598. The minimum Gasteiger partial charge on any atom is -0.478 e. The van der Waals surface area contributed by atoms with Gasteiger partial charge in [0.1, 0.15) is 5.82 Å². The van der Waals surface area contributed by atoms with Gasteiger partial charge in [-0.15, -0.1) is 0 Å². The van der Waals surface area contributed by atoms with E-state index in [0.717, 1.165) is 31.3 Å². The lowest BCUT2D eigenvalue weighted by atomic mass is 10.1. The average molecular weight is 386 g/mol. The van der Waals surface area contributed by atoms with Gasteiger partial charge in [0.15, 0.2) is 0 Å². The molecule has 2 aromatic carbocycles. The van der Waals surface area contributed by atoms with E-state index in [1.165, 1.54) is 12.1 Å². The van der Waals surface area contributed by atoms with Gasteiger partial charge in [-0.3, -0.25) is 9.69 Å². The summed E-state index contributed by atoms with van der Waals surface area (Å²) in [5, 5.41) is 11.3. The van der Waals surface area contributed by atoms with E-state index in [9.17, 15) is 14.0 Å². The summed E-state index contributed by atoms with van der Waals surface area (Å²) in [6.45, 7) is 6.60.